The molecule has 0 aliphatic carbocycles. The van der Waals surface area contributed by atoms with E-state index >= 15 is 0 Å². The maximum atomic E-state index is 14.7. The molecule has 3 aromatic rings. The number of carbonyl (C=O) groups is 1. The number of aryl methyl sites for hydroxylation is 1. The quantitative estimate of drug-likeness (QED) is 0.675. The van der Waals surface area contributed by atoms with Crippen LogP contribution in [0.2, 0.25) is 0 Å². The van der Waals surface area contributed by atoms with Crippen LogP contribution in [0.15, 0.2) is 39.5 Å². The largest absolute Gasteiger partial charge is 0.444 e. The van der Waals surface area contributed by atoms with Gasteiger partial charge in [-0.25, -0.2) is 18.4 Å². The smallest absolute Gasteiger partial charge is 0.419 e. The predicted octanol–water partition coefficient (Wildman–Crippen LogP) is 4.04. The molecule has 2 aromatic carbocycles. The van der Waals surface area contributed by atoms with Crippen molar-refractivity contribution in [2.75, 3.05) is 0 Å². The van der Waals surface area contributed by atoms with E-state index in [1.165, 1.54) is 29.8 Å². The number of amides is 1. The Bertz CT molecular complexity index is 1250. The van der Waals surface area contributed by atoms with Crippen molar-refractivity contribution in [3.8, 4) is 17.2 Å². The van der Waals surface area contributed by atoms with E-state index in [4.69, 9.17) is 9.15 Å². The number of nitriles is 1. The number of ether oxygens (including phenoxy) is 1. The number of nitrogens with one attached hydrogen (secondary N) is 1. The second-order valence-electron chi connectivity index (χ2n) is 8.06. The Labute approximate surface area is 176 Å². The van der Waals surface area contributed by atoms with Crippen LogP contribution in [-0.4, -0.2) is 22.3 Å². The number of hydrogen-bond acceptors (Lipinski definition) is 5. The summed E-state index contributed by atoms with van der Waals surface area (Å²) < 4.78 is 40.5. The molecule has 7 nitrogen and oxygen atoms in total. The van der Waals surface area contributed by atoms with E-state index in [0.717, 1.165) is 12.1 Å². The van der Waals surface area contributed by atoms with Crippen LogP contribution < -0.4 is 11.1 Å². The summed E-state index contributed by atoms with van der Waals surface area (Å²) >= 11 is 0. The number of alkyl carbamates (subject to hydrolysis) is 1. The molecule has 3 rings (SSSR count). The standard InChI is InChI=1S/C22H21F2N3O4/c1-22(2,3)31-20(28)26-14(11-25)7-13-6-5-12(8-16(13)23)15-9-18-19(10-17(15)24)30-21(29)27(18)4/h5-6,8-10,14H,7H2,1-4H3,(H,26,28). The Morgan fingerprint density at radius 2 is 1.97 bits per heavy atom. The maximum Gasteiger partial charge on any atom is 0.419 e. The number of rotatable bonds is 4. The normalized spacial score (nSPS) is 12.4. The number of benzene rings is 2. The minimum atomic E-state index is -1.01. The van der Waals surface area contributed by atoms with Gasteiger partial charge >= 0.3 is 11.8 Å². The summed E-state index contributed by atoms with van der Waals surface area (Å²) in [5.41, 5.74) is 0.248. The van der Waals surface area contributed by atoms with Gasteiger partial charge in [0.05, 0.1) is 11.6 Å². The monoisotopic (exact) mass is 429 g/mol. The molecular weight excluding hydrogens is 408 g/mol. The van der Waals surface area contributed by atoms with Gasteiger partial charge in [-0.3, -0.25) is 4.57 Å². The van der Waals surface area contributed by atoms with Gasteiger partial charge in [0, 0.05) is 25.1 Å². The van der Waals surface area contributed by atoms with Crippen LogP contribution >= 0.6 is 0 Å². The molecular formula is C22H21F2N3O4. The molecule has 1 N–H and O–H groups in total. The van der Waals surface area contributed by atoms with Gasteiger partial charge in [0.1, 0.15) is 23.3 Å². The number of carbonyl (C=O) groups excluding carboxylic acids is 1. The molecule has 0 aliphatic rings. The molecule has 1 heterocycles. The van der Waals surface area contributed by atoms with E-state index in [2.05, 4.69) is 5.32 Å². The molecule has 31 heavy (non-hydrogen) atoms. The number of hydrogen-bond donors (Lipinski definition) is 1. The Morgan fingerprint density at radius 1 is 1.26 bits per heavy atom. The molecule has 0 aliphatic heterocycles. The SMILES string of the molecule is Cn1c(=O)oc2cc(F)c(-c3ccc(CC(C#N)NC(=O)OC(C)(C)C)c(F)c3)cc21. The van der Waals surface area contributed by atoms with Crippen molar-refractivity contribution in [3.63, 3.8) is 0 Å². The highest BCUT2D eigenvalue weighted by Crippen LogP contribution is 2.29. The first kappa shape index (κ1) is 22.0. The van der Waals surface area contributed by atoms with Crippen molar-refractivity contribution in [2.24, 2.45) is 7.05 Å². The molecule has 0 bridgehead atoms. The van der Waals surface area contributed by atoms with Gasteiger partial charge < -0.3 is 14.5 Å². The summed E-state index contributed by atoms with van der Waals surface area (Å²) in [5, 5.41) is 11.7. The lowest BCUT2D eigenvalue weighted by atomic mass is 9.99. The zero-order chi connectivity index (χ0) is 22.9. The van der Waals surface area contributed by atoms with Crippen LogP contribution in [0.3, 0.4) is 0 Å². The molecule has 1 atom stereocenters. The number of halogens is 2. The third kappa shape index (κ3) is 4.91. The average molecular weight is 429 g/mol. The lowest BCUT2D eigenvalue weighted by Gasteiger charge is -2.21. The summed E-state index contributed by atoms with van der Waals surface area (Å²) in [5.74, 6) is -1.96. The van der Waals surface area contributed by atoms with E-state index in [9.17, 15) is 23.6 Å². The number of nitrogens with zero attached hydrogens (tertiary/aromatic N) is 2. The number of aromatic nitrogens is 1. The number of fused-ring (bicyclic) bond motifs is 1. The fourth-order valence-electron chi connectivity index (χ4n) is 3.05. The molecule has 162 valence electrons. The second kappa shape index (κ2) is 8.22. The average Bonchev–Trinajstić information content (AvgIpc) is 2.93. The van der Waals surface area contributed by atoms with E-state index in [1.54, 1.807) is 20.8 Å². The third-order valence-electron chi connectivity index (χ3n) is 4.52. The Kier molecular flexibility index (Phi) is 5.84. The molecule has 1 amide bonds. The van der Waals surface area contributed by atoms with Crippen LogP contribution in [-0.2, 0) is 18.2 Å². The van der Waals surface area contributed by atoms with Crippen molar-refractivity contribution in [1.29, 1.82) is 5.26 Å². The zero-order valence-corrected chi connectivity index (χ0v) is 17.5. The highest BCUT2D eigenvalue weighted by atomic mass is 19.1. The van der Waals surface area contributed by atoms with Crippen LogP contribution in [0.4, 0.5) is 13.6 Å². The van der Waals surface area contributed by atoms with Crippen LogP contribution in [0.5, 0.6) is 0 Å². The Balaban J connectivity index is 1.85. The van der Waals surface area contributed by atoms with Crippen LogP contribution in [0, 0.1) is 23.0 Å². The summed E-state index contributed by atoms with van der Waals surface area (Å²) in [4.78, 5) is 23.5. The Morgan fingerprint density at radius 3 is 2.58 bits per heavy atom. The van der Waals surface area contributed by atoms with Gasteiger partial charge in [0.2, 0.25) is 0 Å². The topological polar surface area (TPSA) is 97.3 Å². The number of oxazole rings is 1. The lowest BCUT2D eigenvalue weighted by Crippen LogP contribution is -2.39. The summed E-state index contributed by atoms with van der Waals surface area (Å²) in [6.45, 7) is 5.05. The molecule has 0 saturated heterocycles. The zero-order valence-electron chi connectivity index (χ0n) is 17.5. The van der Waals surface area contributed by atoms with Crippen molar-refractivity contribution in [1.82, 2.24) is 9.88 Å². The first-order valence-corrected chi connectivity index (χ1v) is 9.45. The second-order valence-corrected chi connectivity index (χ2v) is 8.06. The highest BCUT2D eigenvalue weighted by molar-refractivity contribution is 5.81. The van der Waals surface area contributed by atoms with E-state index in [1.807, 2.05) is 6.07 Å². The van der Waals surface area contributed by atoms with Crippen molar-refractivity contribution >= 4 is 17.2 Å². The summed E-state index contributed by atoms with van der Waals surface area (Å²) in [6.07, 6.45) is -0.878. The summed E-state index contributed by atoms with van der Waals surface area (Å²) in [7, 11) is 1.49. The van der Waals surface area contributed by atoms with Crippen molar-refractivity contribution in [2.45, 2.75) is 38.8 Å². The van der Waals surface area contributed by atoms with E-state index < -0.39 is 35.1 Å². The minimum absolute atomic E-state index is 0.0934. The fraction of sp³-hybridized carbons (Fsp3) is 0.318. The van der Waals surface area contributed by atoms with E-state index in [0.29, 0.717) is 5.52 Å². The first-order valence-electron chi connectivity index (χ1n) is 9.45. The third-order valence-corrected chi connectivity index (χ3v) is 4.52. The van der Waals surface area contributed by atoms with Crippen LogP contribution in [0.25, 0.3) is 22.2 Å². The fourth-order valence-corrected chi connectivity index (χ4v) is 3.05. The van der Waals surface area contributed by atoms with Gasteiger partial charge in [-0.2, -0.15) is 5.26 Å². The van der Waals surface area contributed by atoms with Gasteiger partial charge in [-0.15, -0.1) is 0 Å². The van der Waals surface area contributed by atoms with E-state index in [-0.39, 0.29) is 28.7 Å². The highest BCUT2D eigenvalue weighted by Gasteiger charge is 2.21. The molecule has 9 heteroatoms. The van der Waals surface area contributed by atoms with Crippen LogP contribution in [0.1, 0.15) is 26.3 Å². The molecule has 1 unspecified atom stereocenters. The van der Waals surface area contributed by atoms with Crippen molar-refractivity contribution in [3.05, 3.63) is 58.1 Å². The van der Waals surface area contributed by atoms with Gasteiger partial charge in [0.15, 0.2) is 5.58 Å². The predicted molar refractivity (Wildman–Crippen MR) is 109 cm³/mol. The molecule has 0 spiro atoms. The molecule has 0 fully saturated rings. The Hall–Kier alpha value is -3.67. The maximum absolute atomic E-state index is 14.7. The molecule has 0 saturated carbocycles. The van der Waals surface area contributed by atoms with Crippen molar-refractivity contribution < 1.29 is 22.7 Å². The molecule has 1 aromatic heterocycles. The van der Waals surface area contributed by atoms with Gasteiger partial charge in [-0.1, -0.05) is 12.1 Å². The van der Waals surface area contributed by atoms with Gasteiger partial charge in [0.25, 0.3) is 0 Å². The van der Waals surface area contributed by atoms with Gasteiger partial charge in [-0.05, 0) is 44.0 Å². The molecule has 0 radical (unpaired) electrons. The summed E-state index contributed by atoms with van der Waals surface area (Å²) in [6, 6.07) is 7.44. The lowest BCUT2D eigenvalue weighted by molar-refractivity contribution is 0.0515. The first-order chi connectivity index (χ1) is 14.5. The minimum Gasteiger partial charge on any atom is -0.444 e.